The van der Waals surface area contributed by atoms with Crippen molar-refractivity contribution in [3.05, 3.63) is 52.4 Å². The number of carbonyl (C=O) groups is 1. The van der Waals surface area contributed by atoms with E-state index in [2.05, 4.69) is 9.97 Å². The minimum Gasteiger partial charge on any atom is -0.491 e. The third kappa shape index (κ3) is 3.58. The molecule has 7 heteroatoms. The number of hydrogen-bond donors (Lipinski definition) is 1. The fraction of sp³-hybridized carbons (Fsp3) is 0.278. The van der Waals surface area contributed by atoms with E-state index >= 15 is 0 Å². The lowest BCUT2D eigenvalue weighted by Crippen LogP contribution is -2.07. The summed E-state index contributed by atoms with van der Waals surface area (Å²) >= 11 is 6.39. The number of pyridine rings is 1. The van der Waals surface area contributed by atoms with E-state index in [1.165, 1.54) is 6.07 Å². The molecular formula is C18H18ClN3O3. The van der Waals surface area contributed by atoms with Crippen molar-refractivity contribution in [2.75, 3.05) is 0 Å². The molecule has 0 unspecified atom stereocenters. The lowest BCUT2D eigenvalue weighted by Gasteiger charge is -2.13. The van der Waals surface area contributed by atoms with E-state index in [0.717, 1.165) is 11.4 Å². The van der Waals surface area contributed by atoms with Crippen LogP contribution in [0.3, 0.4) is 0 Å². The van der Waals surface area contributed by atoms with Gasteiger partial charge in [0.2, 0.25) is 0 Å². The molecule has 0 aliphatic carbocycles. The topological polar surface area (TPSA) is 77.2 Å². The Kier molecular flexibility index (Phi) is 4.63. The second kappa shape index (κ2) is 6.72. The quantitative estimate of drug-likeness (QED) is 0.746. The number of benzene rings is 1. The lowest BCUT2D eigenvalue weighted by molar-refractivity contribution is 0.0691. The minimum atomic E-state index is -1.07. The summed E-state index contributed by atoms with van der Waals surface area (Å²) in [5.74, 6) is 0.381. The van der Waals surface area contributed by atoms with E-state index in [0.29, 0.717) is 28.5 Å². The smallest absolute Gasteiger partial charge is 0.354 e. The maximum Gasteiger partial charge on any atom is 0.354 e. The molecule has 0 atom stereocenters. The van der Waals surface area contributed by atoms with Crippen LogP contribution in [0.25, 0.3) is 11.2 Å². The maximum atomic E-state index is 11.2. The van der Waals surface area contributed by atoms with Crippen LogP contribution in [0.2, 0.25) is 5.02 Å². The zero-order valence-corrected chi connectivity index (χ0v) is 14.9. The highest BCUT2D eigenvalue weighted by molar-refractivity contribution is 6.31. The second-order valence-corrected chi connectivity index (χ2v) is 6.42. The fourth-order valence-corrected chi connectivity index (χ4v) is 2.83. The normalized spacial score (nSPS) is 11.2. The second-order valence-electron chi connectivity index (χ2n) is 6.01. The molecule has 0 bridgehead atoms. The first-order valence-electron chi connectivity index (χ1n) is 7.87. The van der Waals surface area contributed by atoms with Crippen molar-refractivity contribution in [2.45, 2.75) is 33.4 Å². The van der Waals surface area contributed by atoms with E-state index in [9.17, 15) is 4.79 Å². The summed E-state index contributed by atoms with van der Waals surface area (Å²) < 4.78 is 7.49. The van der Waals surface area contributed by atoms with Crippen molar-refractivity contribution < 1.29 is 14.6 Å². The van der Waals surface area contributed by atoms with E-state index in [-0.39, 0.29) is 11.8 Å². The van der Waals surface area contributed by atoms with Crippen LogP contribution in [0.4, 0.5) is 0 Å². The number of halogens is 1. The molecular weight excluding hydrogens is 342 g/mol. The summed E-state index contributed by atoms with van der Waals surface area (Å²) in [4.78, 5) is 19.8. The first-order valence-corrected chi connectivity index (χ1v) is 8.25. The number of carboxylic acid groups (broad SMARTS) is 1. The Morgan fingerprint density at radius 3 is 2.68 bits per heavy atom. The van der Waals surface area contributed by atoms with Crippen molar-refractivity contribution >= 4 is 28.7 Å². The summed E-state index contributed by atoms with van der Waals surface area (Å²) in [5, 5.41) is 9.73. The van der Waals surface area contributed by atoms with Crippen LogP contribution in [0, 0.1) is 6.92 Å². The van der Waals surface area contributed by atoms with Crippen LogP contribution >= 0.6 is 11.6 Å². The average Bonchev–Trinajstić information content (AvgIpc) is 2.84. The van der Waals surface area contributed by atoms with Crippen molar-refractivity contribution in [1.82, 2.24) is 14.5 Å². The molecule has 0 aliphatic rings. The van der Waals surface area contributed by atoms with Crippen LogP contribution in [0.5, 0.6) is 5.75 Å². The number of hydrogen-bond acceptors (Lipinski definition) is 4. The van der Waals surface area contributed by atoms with Gasteiger partial charge in [-0.25, -0.2) is 14.8 Å². The largest absolute Gasteiger partial charge is 0.491 e. The van der Waals surface area contributed by atoms with Crippen LogP contribution < -0.4 is 4.74 Å². The van der Waals surface area contributed by atoms with Crippen LogP contribution in [-0.4, -0.2) is 31.7 Å². The zero-order chi connectivity index (χ0) is 18.1. The Bertz CT molecular complexity index is 950. The van der Waals surface area contributed by atoms with Gasteiger partial charge in [0.15, 0.2) is 11.3 Å². The number of rotatable bonds is 5. The number of aryl methyl sites for hydroxylation is 1. The third-order valence-corrected chi connectivity index (χ3v) is 4.08. The highest BCUT2D eigenvalue weighted by Crippen LogP contribution is 2.26. The maximum absolute atomic E-state index is 11.2. The van der Waals surface area contributed by atoms with Crippen LogP contribution in [-0.2, 0) is 6.54 Å². The van der Waals surface area contributed by atoms with E-state index in [1.54, 1.807) is 12.1 Å². The minimum absolute atomic E-state index is 0.0135. The Morgan fingerprint density at radius 2 is 2.04 bits per heavy atom. The molecule has 25 heavy (non-hydrogen) atoms. The van der Waals surface area contributed by atoms with Crippen molar-refractivity contribution in [2.24, 2.45) is 0 Å². The number of nitrogens with zero attached hydrogens (tertiary/aromatic N) is 3. The Hall–Kier alpha value is -2.60. The van der Waals surface area contributed by atoms with Gasteiger partial charge in [-0.15, -0.1) is 0 Å². The number of fused-ring (bicyclic) bond motifs is 1. The van der Waals surface area contributed by atoms with Gasteiger partial charge < -0.3 is 14.4 Å². The summed E-state index contributed by atoms with van der Waals surface area (Å²) in [7, 11) is 0. The number of ether oxygens (including phenoxy) is 1. The predicted octanol–water partition coefficient (Wildman–Crippen LogP) is 3.93. The van der Waals surface area contributed by atoms with Gasteiger partial charge in [0, 0.05) is 5.02 Å². The Morgan fingerprint density at radius 1 is 1.28 bits per heavy atom. The number of aromatic carboxylic acids is 1. The first-order chi connectivity index (χ1) is 11.8. The van der Waals surface area contributed by atoms with E-state index in [1.807, 2.05) is 37.5 Å². The molecule has 3 aromatic rings. The van der Waals surface area contributed by atoms with Gasteiger partial charge in [0.05, 0.1) is 12.6 Å². The fourth-order valence-electron chi connectivity index (χ4n) is 2.60. The van der Waals surface area contributed by atoms with Gasteiger partial charge in [-0.2, -0.15) is 0 Å². The number of imidazole rings is 1. The monoisotopic (exact) mass is 359 g/mol. The zero-order valence-electron chi connectivity index (χ0n) is 14.2. The van der Waals surface area contributed by atoms with Crippen molar-refractivity contribution in [3.63, 3.8) is 0 Å². The van der Waals surface area contributed by atoms with Crippen LogP contribution in [0.15, 0.2) is 30.3 Å². The van der Waals surface area contributed by atoms with Gasteiger partial charge in [-0.05, 0) is 50.6 Å². The Labute approximate surface area is 150 Å². The SMILES string of the molecule is Cc1nc2ccc(C(=O)O)nc2n1Cc1ccc(OC(C)C)cc1Cl. The summed E-state index contributed by atoms with van der Waals surface area (Å²) in [6.07, 6.45) is 0.0698. The van der Waals surface area contributed by atoms with Gasteiger partial charge in [0.25, 0.3) is 0 Å². The third-order valence-electron chi connectivity index (χ3n) is 3.73. The molecule has 1 aromatic carbocycles. The predicted molar refractivity (Wildman–Crippen MR) is 95.5 cm³/mol. The highest BCUT2D eigenvalue weighted by Gasteiger charge is 2.14. The average molecular weight is 360 g/mol. The summed E-state index contributed by atoms with van der Waals surface area (Å²) in [6.45, 7) is 6.20. The summed E-state index contributed by atoms with van der Waals surface area (Å²) in [5.41, 5.74) is 2.04. The summed E-state index contributed by atoms with van der Waals surface area (Å²) in [6, 6.07) is 8.66. The van der Waals surface area contributed by atoms with Crippen molar-refractivity contribution in [3.8, 4) is 5.75 Å². The van der Waals surface area contributed by atoms with E-state index < -0.39 is 5.97 Å². The van der Waals surface area contributed by atoms with Gasteiger partial charge in [-0.3, -0.25) is 0 Å². The first kappa shape index (κ1) is 17.2. The molecule has 0 spiro atoms. The molecule has 3 rings (SSSR count). The number of aromatic nitrogens is 3. The molecule has 0 saturated heterocycles. The molecule has 6 nitrogen and oxygen atoms in total. The number of carboxylic acids is 1. The molecule has 1 N–H and O–H groups in total. The van der Waals surface area contributed by atoms with Gasteiger partial charge in [-0.1, -0.05) is 17.7 Å². The molecule has 0 aliphatic heterocycles. The molecule has 0 radical (unpaired) electrons. The molecule has 0 fully saturated rings. The molecule has 2 heterocycles. The van der Waals surface area contributed by atoms with Crippen LogP contribution in [0.1, 0.15) is 35.7 Å². The lowest BCUT2D eigenvalue weighted by atomic mass is 10.2. The van der Waals surface area contributed by atoms with Gasteiger partial charge >= 0.3 is 5.97 Å². The van der Waals surface area contributed by atoms with E-state index in [4.69, 9.17) is 21.4 Å². The molecule has 0 saturated carbocycles. The van der Waals surface area contributed by atoms with Gasteiger partial charge in [0.1, 0.15) is 17.1 Å². The molecule has 130 valence electrons. The van der Waals surface area contributed by atoms with Crippen molar-refractivity contribution in [1.29, 1.82) is 0 Å². The molecule has 0 amide bonds. The highest BCUT2D eigenvalue weighted by atomic mass is 35.5. The Balaban J connectivity index is 1.98. The molecule has 2 aromatic heterocycles. The standard InChI is InChI=1S/C18H18ClN3O3/c1-10(2)25-13-5-4-12(14(19)8-13)9-22-11(3)20-15-6-7-16(18(23)24)21-17(15)22/h4-8,10H,9H2,1-3H3,(H,23,24).